The Balaban J connectivity index is 2.36. The Morgan fingerprint density at radius 1 is 1.50 bits per heavy atom. The smallest absolute Gasteiger partial charge is 0.307 e. The van der Waals surface area contributed by atoms with Crippen LogP contribution in [0.15, 0.2) is 10.5 Å². The van der Waals surface area contributed by atoms with Gasteiger partial charge in [-0.2, -0.15) is 0 Å². The minimum Gasteiger partial charge on any atom is -0.504 e. The van der Waals surface area contributed by atoms with E-state index in [1.807, 2.05) is 6.92 Å². The fraction of sp³-hybridized carbons (Fsp3) is 0.417. The second kappa shape index (κ2) is 4.78. The van der Waals surface area contributed by atoms with Crippen LogP contribution in [0.4, 0.5) is 0 Å². The van der Waals surface area contributed by atoms with E-state index in [1.54, 1.807) is 0 Å². The Labute approximate surface area is 113 Å². The average molecular weight is 316 g/mol. The van der Waals surface area contributed by atoms with Crippen molar-refractivity contribution in [2.24, 2.45) is 5.92 Å². The summed E-state index contributed by atoms with van der Waals surface area (Å²) in [6.45, 7) is 2.22. The van der Waals surface area contributed by atoms with Gasteiger partial charge in [0.05, 0.1) is 10.4 Å². The molecule has 18 heavy (non-hydrogen) atoms. The summed E-state index contributed by atoms with van der Waals surface area (Å²) in [4.78, 5) is 10.9. The van der Waals surface area contributed by atoms with Crippen LogP contribution >= 0.6 is 15.9 Å². The third kappa shape index (κ3) is 2.18. The highest BCUT2D eigenvalue weighted by Gasteiger charge is 2.32. The zero-order valence-electron chi connectivity index (χ0n) is 9.77. The molecular weight excluding hydrogens is 302 g/mol. The highest BCUT2D eigenvalue weighted by Crippen LogP contribution is 2.43. The van der Waals surface area contributed by atoms with Gasteiger partial charge in [-0.15, -0.1) is 0 Å². The van der Waals surface area contributed by atoms with E-state index in [2.05, 4.69) is 21.2 Å². The summed E-state index contributed by atoms with van der Waals surface area (Å²) in [5, 5.41) is 31.3. The Morgan fingerprint density at radius 2 is 2.17 bits per heavy atom. The Kier molecular flexibility index (Phi) is 3.49. The first kappa shape index (κ1) is 13.2. The maximum absolute atomic E-state index is 10.9. The van der Waals surface area contributed by atoms with Crippen molar-refractivity contribution in [2.75, 3.05) is 6.54 Å². The molecule has 0 radical (unpaired) electrons. The number of phenols is 2. The van der Waals surface area contributed by atoms with Gasteiger partial charge in [0.15, 0.2) is 11.5 Å². The highest BCUT2D eigenvalue weighted by atomic mass is 79.9. The molecule has 2 unspecified atom stereocenters. The maximum Gasteiger partial charge on any atom is 0.307 e. The molecule has 1 fully saturated rings. The number of nitrogens with one attached hydrogen (secondary N) is 1. The molecule has 1 aromatic carbocycles. The van der Waals surface area contributed by atoms with Crippen molar-refractivity contribution in [1.29, 1.82) is 0 Å². The minimum atomic E-state index is -0.818. The van der Waals surface area contributed by atoms with Gasteiger partial charge >= 0.3 is 5.97 Å². The van der Waals surface area contributed by atoms with Crippen LogP contribution in [0.1, 0.15) is 23.6 Å². The van der Waals surface area contributed by atoms with Crippen LogP contribution in [0, 0.1) is 12.8 Å². The van der Waals surface area contributed by atoms with Gasteiger partial charge in [-0.3, -0.25) is 4.79 Å². The standard InChI is InChI=1S/C12H14BrNO4/c1-5-2-8(15)11(16)10(13)9(5)7-3-6(4-14-7)12(17)18/h2,6-7,14-16H,3-4H2,1H3,(H,17,18). The summed E-state index contributed by atoms with van der Waals surface area (Å²) in [6, 6.07) is 1.34. The maximum atomic E-state index is 10.9. The number of carbonyl (C=O) groups is 1. The Bertz CT molecular complexity index is 503. The number of rotatable bonds is 2. The number of hydrogen-bond acceptors (Lipinski definition) is 4. The second-order valence-electron chi connectivity index (χ2n) is 4.52. The van der Waals surface area contributed by atoms with Gasteiger partial charge in [-0.1, -0.05) is 0 Å². The lowest BCUT2D eigenvalue weighted by molar-refractivity contribution is -0.141. The molecule has 6 heteroatoms. The first-order chi connectivity index (χ1) is 8.41. The van der Waals surface area contributed by atoms with Gasteiger partial charge in [0.1, 0.15) is 0 Å². The molecule has 4 N–H and O–H groups in total. The molecule has 2 rings (SSSR count). The molecule has 2 atom stereocenters. The van der Waals surface area contributed by atoms with Crippen LogP contribution in [0.2, 0.25) is 0 Å². The van der Waals surface area contributed by atoms with Crippen molar-refractivity contribution in [3.8, 4) is 11.5 Å². The summed E-state index contributed by atoms with van der Waals surface area (Å²) in [5.41, 5.74) is 1.61. The SMILES string of the molecule is Cc1cc(O)c(O)c(Br)c1C1CC(C(=O)O)CN1. The summed E-state index contributed by atoms with van der Waals surface area (Å²) >= 11 is 3.25. The molecule has 1 aromatic rings. The van der Waals surface area contributed by atoms with Gasteiger partial charge in [0.2, 0.25) is 0 Å². The van der Waals surface area contributed by atoms with E-state index in [-0.39, 0.29) is 17.5 Å². The van der Waals surface area contributed by atoms with Gasteiger partial charge in [-0.25, -0.2) is 0 Å². The third-order valence-electron chi connectivity index (χ3n) is 3.29. The molecule has 0 aliphatic carbocycles. The fourth-order valence-corrected chi connectivity index (χ4v) is 3.13. The molecule has 0 saturated carbocycles. The monoisotopic (exact) mass is 315 g/mol. The van der Waals surface area contributed by atoms with Crippen molar-refractivity contribution in [3.63, 3.8) is 0 Å². The molecular formula is C12H14BrNO4. The molecule has 0 amide bonds. The highest BCUT2D eigenvalue weighted by molar-refractivity contribution is 9.10. The van der Waals surface area contributed by atoms with Crippen LogP contribution in [-0.2, 0) is 4.79 Å². The average Bonchev–Trinajstić information content (AvgIpc) is 2.75. The van der Waals surface area contributed by atoms with Crippen molar-refractivity contribution < 1.29 is 20.1 Å². The number of phenolic OH excluding ortho intramolecular Hbond substituents is 2. The summed E-state index contributed by atoms with van der Waals surface area (Å²) < 4.78 is 0.420. The Morgan fingerprint density at radius 3 is 2.72 bits per heavy atom. The largest absolute Gasteiger partial charge is 0.504 e. The van der Waals surface area contributed by atoms with Crippen LogP contribution in [0.5, 0.6) is 11.5 Å². The first-order valence-corrected chi connectivity index (χ1v) is 6.38. The summed E-state index contributed by atoms with van der Waals surface area (Å²) in [6.07, 6.45) is 0.471. The number of halogens is 1. The van der Waals surface area contributed by atoms with Gasteiger partial charge < -0.3 is 20.6 Å². The van der Waals surface area contributed by atoms with Crippen LogP contribution in [-0.4, -0.2) is 27.8 Å². The van der Waals surface area contributed by atoms with E-state index in [0.29, 0.717) is 17.4 Å². The third-order valence-corrected chi connectivity index (χ3v) is 4.10. The van der Waals surface area contributed by atoms with Crippen LogP contribution in [0.3, 0.4) is 0 Å². The van der Waals surface area contributed by atoms with Crippen molar-refractivity contribution in [3.05, 3.63) is 21.7 Å². The van der Waals surface area contributed by atoms with Crippen LogP contribution < -0.4 is 5.32 Å². The normalized spacial score (nSPS) is 23.2. The second-order valence-corrected chi connectivity index (χ2v) is 5.31. The predicted molar refractivity (Wildman–Crippen MR) is 68.7 cm³/mol. The molecule has 1 saturated heterocycles. The van der Waals surface area contributed by atoms with E-state index >= 15 is 0 Å². The van der Waals surface area contributed by atoms with E-state index in [1.165, 1.54) is 6.07 Å². The van der Waals surface area contributed by atoms with Gasteiger partial charge in [0, 0.05) is 12.6 Å². The topological polar surface area (TPSA) is 89.8 Å². The molecule has 1 aliphatic rings. The van der Waals surface area contributed by atoms with E-state index in [9.17, 15) is 15.0 Å². The quantitative estimate of drug-likeness (QED) is 0.626. The number of aliphatic carboxylic acids is 1. The minimum absolute atomic E-state index is 0.132. The molecule has 1 aliphatic heterocycles. The van der Waals surface area contributed by atoms with Gasteiger partial charge in [0.25, 0.3) is 0 Å². The summed E-state index contributed by atoms with van der Waals surface area (Å²) in [7, 11) is 0. The van der Waals surface area contributed by atoms with E-state index < -0.39 is 11.9 Å². The van der Waals surface area contributed by atoms with Crippen molar-refractivity contribution >= 4 is 21.9 Å². The number of aromatic hydroxyl groups is 2. The summed E-state index contributed by atoms with van der Waals surface area (Å²) in [5.74, 6) is -1.63. The predicted octanol–water partition coefficient (Wildman–Crippen LogP) is 1.90. The molecule has 0 bridgehead atoms. The molecule has 5 nitrogen and oxygen atoms in total. The fourth-order valence-electron chi connectivity index (χ4n) is 2.34. The van der Waals surface area contributed by atoms with Gasteiger partial charge in [-0.05, 0) is 46.5 Å². The molecule has 0 spiro atoms. The number of carboxylic acid groups (broad SMARTS) is 1. The number of aryl methyl sites for hydroxylation is 1. The number of carboxylic acids is 1. The molecule has 1 heterocycles. The lowest BCUT2D eigenvalue weighted by Crippen LogP contribution is -2.17. The van der Waals surface area contributed by atoms with Crippen molar-refractivity contribution in [1.82, 2.24) is 5.32 Å². The number of benzene rings is 1. The lowest BCUT2D eigenvalue weighted by Gasteiger charge is -2.17. The Hall–Kier alpha value is -1.27. The van der Waals surface area contributed by atoms with E-state index in [0.717, 1.165) is 11.1 Å². The molecule has 0 aromatic heterocycles. The molecule has 98 valence electrons. The zero-order chi connectivity index (χ0) is 13.4. The first-order valence-electron chi connectivity index (χ1n) is 5.59. The van der Waals surface area contributed by atoms with E-state index in [4.69, 9.17) is 5.11 Å². The zero-order valence-corrected chi connectivity index (χ0v) is 11.4. The number of hydrogen-bond donors (Lipinski definition) is 4. The lowest BCUT2D eigenvalue weighted by atomic mass is 9.96. The van der Waals surface area contributed by atoms with Crippen molar-refractivity contribution in [2.45, 2.75) is 19.4 Å². The van der Waals surface area contributed by atoms with Crippen LogP contribution in [0.25, 0.3) is 0 Å².